The fraction of sp³-hybridized carbons (Fsp3) is 0.833. The Kier molecular flexibility index (Phi) is 4.71. The molecular weight excluding hydrogens is 236 g/mol. The number of rotatable bonds is 5. The molecule has 1 unspecified atom stereocenters. The molecule has 2 fully saturated rings. The Morgan fingerprint density at radius 3 is 2.76 bits per heavy atom. The van der Waals surface area contributed by atoms with E-state index in [1.54, 1.807) is 0 Å². The highest BCUT2D eigenvalue weighted by Crippen LogP contribution is 2.28. The van der Waals surface area contributed by atoms with Crippen molar-refractivity contribution in [3.63, 3.8) is 0 Å². The molecule has 0 aromatic heterocycles. The highest BCUT2D eigenvalue weighted by Gasteiger charge is 2.26. The summed E-state index contributed by atoms with van der Waals surface area (Å²) >= 11 is 1.97. The summed E-state index contributed by atoms with van der Waals surface area (Å²) in [6, 6.07) is -0.293. The standard InChI is InChI=1S/C12H20N2O2S/c15-11-6-5-10(14-11)12(16)13-7-8-17-9-3-1-2-4-9/h9-10H,1-8H2,(H,13,16)(H,14,15). The molecule has 0 spiro atoms. The van der Waals surface area contributed by atoms with Gasteiger partial charge in [-0.05, 0) is 19.3 Å². The monoisotopic (exact) mass is 256 g/mol. The molecule has 1 atom stereocenters. The zero-order valence-corrected chi connectivity index (χ0v) is 10.9. The summed E-state index contributed by atoms with van der Waals surface area (Å²) in [6.45, 7) is 0.715. The van der Waals surface area contributed by atoms with Crippen molar-refractivity contribution in [2.45, 2.75) is 49.8 Å². The maximum Gasteiger partial charge on any atom is 0.242 e. The first-order chi connectivity index (χ1) is 8.25. The Labute approximate surface area is 106 Å². The van der Waals surface area contributed by atoms with E-state index in [4.69, 9.17) is 0 Å². The van der Waals surface area contributed by atoms with Crippen molar-refractivity contribution in [3.05, 3.63) is 0 Å². The second-order valence-corrected chi connectivity index (χ2v) is 6.14. The number of amides is 2. The second-order valence-electron chi connectivity index (χ2n) is 4.73. The minimum atomic E-state index is -0.293. The van der Waals surface area contributed by atoms with Gasteiger partial charge in [-0.1, -0.05) is 12.8 Å². The van der Waals surface area contributed by atoms with Crippen LogP contribution < -0.4 is 10.6 Å². The number of hydrogen-bond acceptors (Lipinski definition) is 3. The van der Waals surface area contributed by atoms with Gasteiger partial charge in [0.2, 0.25) is 11.8 Å². The topological polar surface area (TPSA) is 58.2 Å². The highest BCUT2D eigenvalue weighted by atomic mass is 32.2. The largest absolute Gasteiger partial charge is 0.353 e. The summed E-state index contributed by atoms with van der Waals surface area (Å²) in [6.07, 6.45) is 6.50. The predicted octanol–water partition coefficient (Wildman–Crippen LogP) is 1.06. The van der Waals surface area contributed by atoms with Gasteiger partial charge in [0.25, 0.3) is 0 Å². The minimum absolute atomic E-state index is 0.00881. The van der Waals surface area contributed by atoms with Gasteiger partial charge in [-0.15, -0.1) is 0 Å². The molecule has 5 heteroatoms. The van der Waals surface area contributed by atoms with E-state index in [-0.39, 0.29) is 17.9 Å². The van der Waals surface area contributed by atoms with Crippen LogP contribution in [0, 0.1) is 0 Å². The van der Waals surface area contributed by atoms with Crippen LogP contribution in [-0.4, -0.2) is 35.4 Å². The lowest BCUT2D eigenvalue weighted by atomic mass is 10.2. The molecule has 2 rings (SSSR count). The van der Waals surface area contributed by atoms with Crippen molar-refractivity contribution >= 4 is 23.6 Å². The van der Waals surface area contributed by atoms with Crippen LogP contribution in [0.1, 0.15) is 38.5 Å². The van der Waals surface area contributed by atoms with Crippen LogP contribution in [0.25, 0.3) is 0 Å². The van der Waals surface area contributed by atoms with Gasteiger partial charge in [-0.2, -0.15) is 11.8 Å². The van der Waals surface area contributed by atoms with Gasteiger partial charge >= 0.3 is 0 Å². The average Bonchev–Trinajstić information content (AvgIpc) is 2.95. The molecule has 1 saturated heterocycles. The lowest BCUT2D eigenvalue weighted by Crippen LogP contribution is -2.42. The summed E-state index contributed by atoms with van der Waals surface area (Å²) in [4.78, 5) is 22.6. The minimum Gasteiger partial charge on any atom is -0.353 e. The van der Waals surface area contributed by atoms with Crippen molar-refractivity contribution < 1.29 is 9.59 Å². The SMILES string of the molecule is O=C1CCC(C(=O)NCCSC2CCCC2)N1. The second kappa shape index (κ2) is 6.28. The van der Waals surface area contributed by atoms with E-state index in [1.807, 2.05) is 11.8 Å². The molecule has 0 aromatic carbocycles. The van der Waals surface area contributed by atoms with Crippen LogP contribution in [-0.2, 0) is 9.59 Å². The summed E-state index contributed by atoms with van der Waals surface area (Å²) in [5.74, 6) is 0.949. The van der Waals surface area contributed by atoms with E-state index in [0.717, 1.165) is 11.0 Å². The lowest BCUT2D eigenvalue weighted by Gasteiger charge is -2.12. The van der Waals surface area contributed by atoms with Crippen molar-refractivity contribution in [1.29, 1.82) is 0 Å². The Hall–Kier alpha value is -0.710. The van der Waals surface area contributed by atoms with E-state index in [0.29, 0.717) is 19.4 Å². The predicted molar refractivity (Wildman–Crippen MR) is 68.9 cm³/mol. The van der Waals surface area contributed by atoms with Gasteiger partial charge in [0, 0.05) is 24.0 Å². The fourth-order valence-corrected chi connectivity index (χ4v) is 3.61. The first-order valence-corrected chi connectivity index (χ1v) is 7.49. The normalized spacial score (nSPS) is 24.9. The molecule has 96 valence electrons. The smallest absolute Gasteiger partial charge is 0.242 e. The van der Waals surface area contributed by atoms with Gasteiger partial charge < -0.3 is 10.6 Å². The average molecular weight is 256 g/mol. The van der Waals surface area contributed by atoms with Gasteiger partial charge in [0.1, 0.15) is 6.04 Å². The third-order valence-corrected chi connectivity index (χ3v) is 4.75. The summed E-state index contributed by atoms with van der Waals surface area (Å²) in [5.41, 5.74) is 0. The van der Waals surface area contributed by atoms with Gasteiger partial charge in [0.05, 0.1) is 0 Å². The van der Waals surface area contributed by atoms with Crippen molar-refractivity contribution in [3.8, 4) is 0 Å². The Morgan fingerprint density at radius 2 is 2.12 bits per heavy atom. The van der Waals surface area contributed by atoms with E-state index in [9.17, 15) is 9.59 Å². The van der Waals surface area contributed by atoms with E-state index in [1.165, 1.54) is 25.7 Å². The van der Waals surface area contributed by atoms with Crippen LogP contribution in [0.4, 0.5) is 0 Å². The molecule has 2 aliphatic rings. The lowest BCUT2D eigenvalue weighted by molar-refractivity contribution is -0.125. The van der Waals surface area contributed by atoms with Crippen LogP contribution in [0.2, 0.25) is 0 Å². The van der Waals surface area contributed by atoms with E-state index >= 15 is 0 Å². The molecule has 1 aliphatic carbocycles. The molecule has 2 amide bonds. The third kappa shape index (κ3) is 3.91. The molecular formula is C12H20N2O2S. The van der Waals surface area contributed by atoms with Crippen LogP contribution in [0.3, 0.4) is 0 Å². The van der Waals surface area contributed by atoms with Crippen LogP contribution in [0.5, 0.6) is 0 Å². The quantitative estimate of drug-likeness (QED) is 0.723. The summed E-state index contributed by atoms with van der Waals surface area (Å²) < 4.78 is 0. The molecule has 0 aromatic rings. The van der Waals surface area contributed by atoms with Crippen molar-refractivity contribution in [2.24, 2.45) is 0 Å². The molecule has 0 bridgehead atoms. The summed E-state index contributed by atoms with van der Waals surface area (Å²) in [5, 5.41) is 6.38. The zero-order valence-electron chi connectivity index (χ0n) is 10.0. The summed E-state index contributed by atoms with van der Waals surface area (Å²) in [7, 11) is 0. The molecule has 2 N–H and O–H groups in total. The molecule has 4 nitrogen and oxygen atoms in total. The Morgan fingerprint density at radius 1 is 1.35 bits per heavy atom. The van der Waals surface area contributed by atoms with Crippen molar-refractivity contribution in [1.82, 2.24) is 10.6 Å². The number of nitrogens with one attached hydrogen (secondary N) is 2. The van der Waals surface area contributed by atoms with Crippen LogP contribution in [0.15, 0.2) is 0 Å². The van der Waals surface area contributed by atoms with Crippen molar-refractivity contribution in [2.75, 3.05) is 12.3 Å². The Balaban J connectivity index is 1.55. The highest BCUT2D eigenvalue weighted by molar-refractivity contribution is 7.99. The van der Waals surface area contributed by atoms with E-state index < -0.39 is 0 Å². The Bertz CT molecular complexity index is 290. The zero-order chi connectivity index (χ0) is 12.1. The first-order valence-electron chi connectivity index (χ1n) is 6.44. The number of carbonyl (C=O) groups excluding carboxylic acids is 2. The molecule has 0 radical (unpaired) electrons. The van der Waals surface area contributed by atoms with E-state index in [2.05, 4.69) is 10.6 Å². The molecule has 1 heterocycles. The number of hydrogen-bond donors (Lipinski definition) is 2. The maximum absolute atomic E-state index is 11.7. The number of thioether (sulfide) groups is 1. The van der Waals surface area contributed by atoms with Crippen LogP contribution >= 0.6 is 11.8 Å². The number of carbonyl (C=O) groups is 2. The maximum atomic E-state index is 11.7. The molecule has 17 heavy (non-hydrogen) atoms. The molecule has 1 aliphatic heterocycles. The van der Waals surface area contributed by atoms with Gasteiger partial charge in [-0.25, -0.2) is 0 Å². The van der Waals surface area contributed by atoms with Gasteiger partial charge in [-0.3, -0.25) is 9.59 Å². The first kappa shape index (κ1) is 12.7. The third-order valence-electron chi connectivity index (χ3n) is 3.37. The molecule has 1 saturated carbocycles. The fourth-order valence-electron chi connectivity index (χ4n) is 2.39. The van der Waals surface area contributed by atoms with Gasteiger partial charge in [0.15, 0.2) is 0 Å².